The monoisotopic (exact) mass is 437 g/mol. The van der Waals surface area contributed by atoms with Crippen molar-refractivity contribution < 1.29 is 24.6 Å². The number of nitrogens with one attached hydrogen (secondary N) is 1. The van der Waals surface area contributed by atoms with Crippen LogP contribution in [0.25, 0.3) is 0 Å². The van der Waals surface area contributed by atoms with Crippen LogP contribution in [0.4, 0.5) is 0 Å². The Morgan fingerprint density at radius 3 is 1.43 bits per heavy atom. The van der Waals surface area contributed by atoms with Crippen molar-refractivity contribution in [1.29, 1.82) is 0 Å². The Morgan fingerprint density at radius 1 is 0.667 bits per heavy atom. The molecular formula is C23H44NNaO5. The van der Waals surface area contributed by atoms with E-state index in [2.05, 4.69) is 12.2 Å². The van der Waals surface area contributed by atoms with Gasteiger partial charge in [0.05, 0.1) is 0 Å². The first-order chi connectivity index (χ1) is 14.0. The van der Waals surface area contributed by atoms with E-state index in [9.17, 15) is 14.4 Å². The molecule has 0 bridgehead atoms. The summed E-state index contributed by atoms with van der Waals surface area (Å²) in [6.07, 6.45) is 18.8. The van der Waals surface area contributed by atoms with E-state index in [1.54, 1.807) is 0 Å². The first-order valence-electron chi connectivity index (χ1n) is 11.7. The Kier molecular flexibility index (Phi) is 24.3. The van der Waals surface area contributed by atoms with Crippen LogP contribution in [0.3, 0.4) is 0 Å². The molecule has 1 amide bonds. The van der Waals surface area contributed by atoms with E-state index in [-0.39, 0.29) is 48.3 Å². The number of aliphatic carboxylic acids is 2. The van der Waals surface area contributed by atoms with Crippen molar-refractivity contribution in [2.24, 2.45) is 0 Å². The van der Waals surface area contributed by atoms with E-state index in [1.165, 1.54) is 77.0 Å². The Hall–Kier alpha value is -0.590. The molecule has 1 atom stereocenters. The number of carbonyl (C=O) groups excluding carboxylic acids is 1. The van der Waals surface area contributed by atoms with Gasteiger partial charge in [0, 0.05) is 12.8 Å². The van der Waals surface area contributed by atoms with Gasteiger partial charge >= 0.3 is 41.5 Å². The summed E-state index contributed by atoms with van der Waals surface area (Å²) >= 11 is 0. The molecular weight excluding hydrogens is 393 g/mol. The van der Waals surface area contributed by atoms with E-state index >= 15 is 0 Å². The third-order valence-corrected chi connectivity index (χ3v) is 5.29. The molecule has 30 heavy (non-hydrogen) atoms. The summed E-state index contributed by atoms with van der Waals surface area (Å²) in [5, 5.41) is 20.1. The van der Waals surface area contributed by atoms with Crippen molar-refractivity contribution in [2.75, 3.05) is 0 Å². The number of hydrogen-bond acceptors (Lipinski definition) is 3. The van der Waals surface area contributed by atoms with Crippen molar-refractivity contribution >= 4 is 47.4 Å². The standard InChI is InChI=1S/C23H43NO5.Na.H/c1-2-3-4-5-6-7-8-9-10-11-12-13-14-15-16-17-21(25)24-20(23(28)29)18-19-22(26)27;;/h20H,2-19H2,1H3,(H,24,25)(H,26,27)(H,28,29);;/t20-;;/m0../s1. The molecule has 3 N–H and O–H groups in total. The van der Waals surface area contributed by atoms with Crippen LogP contribution in [0, 0.1) is 0 Å². The second-order valence-electron chi connectivity index (χ2n) is 8.09. The zero-order chi connectivity index (χ0) is 21.7. The van der Waals surface area contributed by atoms with Gasteiger partial charge in [-0.2, -0.15) is 0 Å². The number of carbonyl (C=O) groups is 3. The van der Waals surface area contributed by atoms with Crippen molar-refractivity contribution in [1.82, 2.24) is 5.32 Å². The van der Waals surface area contributed by atoms with Crippen LogP contribution in [-0.4, -0.2) is 63.7 Å². The van der Waals surface area contributed by atoms with Gasteiger partial charge < -0.3 is 15.5 Å². The summed E-state index contributed by atoms with van der Waals surface area (Å²) in [6.45, 7) is 2.25. The summed E-state index contributed by atoms with van der Waals surface area (Å²) in [4.78, 5) is 33.4. The number of carboxylic acid groups (broad SMARTS) is 2. The topological polar surface area (TPSA) is 104 Å². The Labute approximate surface area is 205 Å². The predicted molar refractivity (Wildman–Crippen MR) is 123 cm³/mol. The SMILES string of the molecule is CCCCCCCCCCCCCCCCCC(=O)N[C@@H](CCC(=O)O)C(=O)O.[NaH]. The molecule has 0 aromatic heterocycles. The van der Waals surface area contributed by atoms with Crippen molar-refractivity contribution in [2.45, 2.75) is 129 Å². The first-order valence-corrected chi connectivity index (χ1v) is 11.7. The molecule has 7 heteroatoms. The number of rotatable bonds is 21. The molecule has 0 aliphatic rings. The average Bonchev–Trinajstić information content (AvgIpc) is 2.67. The van der Waals surface area contributed by atoms with Crippen LogP contribution in [-0.2, 0) is 14.4 Å². The van der Waals surface area contributed by atoms with Gasteiger partial charge in [0.2, 0.25) is 5.91 Å². The van der Waals surface area contributed by atoms with Gasteiger partial charge in [-0.3, -0.25) is 9.59 Å². The van der Waals surface area contributed by atoms with Gasteiger partial charge in [-0.25, -0.2) is 4.79 Å². The molecule has 0 rings (SSSR count). The van der Waals surface area contributed by atoms with Crippen LogP contribution in [0.15, 0.2) is 0 Å². The van der Waals surface area contributed by atoms with E-state index in [0.717, 1.165) is 19.3 Å². The van der Waals surface area contributed by atoms with Gasteiger partial charge in [0.1, 0.15) is 6.04 Å². The van der Waals surface area contributed by atoms with Gasteiger partial charge in [0.15, 0.2) is 0 Å². The van der Waals surface area contributed by atoms with Gasteiger partial charge in [-0.1, -0.05) is 96.8 Å². The van der Waals surface area contributed by atoms with Crippen LogP contribution in [0.5, 0.6) is 0 Å². The van der Waals surface area contributed by atoms with E-state index in [4.69, 9.17) is 10.2 Å². The maximum atomic E-state index is 11.8. The molecule has 0 unspecified atom stereocenters. The minimum absolute atomic E-state index is 0. The molecule has 172 valence electrons. The molecule has 0 spiro atoms. The second kappa shape index (κ2) is 23.1. The molecule has 0 aliphatic carbocycles. The number of amides is 1. The van der Waals surface area contributed by atoms with Gasteiger partial charge in [-0.05, 0) is 12.8 Å². The molecule has 0 aromatic carbocycles. The molecule has 0 saturated heterocycles. The normalized spacial score (nSPS) is 11.5. The van der Waals surface area contributed by atoms with Crippen LogP contribution < -0.4 is 5.32 Å². The van der Waals surface area contributed by atoms with Gasteiger partial charge in [0.25, 0.3) is 0 Å². The predicted octanol–water partition coefficient (Wildman–Crippen LogP) is 5.03. The third-order valence-electron chi connectivity index (χ3n) is 5.29. The molecule has 0 radical (unpaired) electrons. The number of unbranched alkanes of at least 4 members (excludes halogenated alkanes) is 14. The Bertz CT molecular complexity index is 445. The molecule has 0 heterocycles. The summed E-state index contributed by atoms with van der Waals surface area (Å²) in [5.74, 6) is -2.55. The van der Waals surface area contributed by atoms with E-state index in [0.29, 0.717) is 6.42 Å². The van der Waals surface area contributed by atoms with Crippen LogP contribution >= 0.6 is 0 Å². The second-order valence-corrected chi connectivity index (χ2v) is 8.09. The van der Waals surface area contributed by atoms with Crippen LogP contribution in [0.2, 0.25) is 0 Å². The van der Waals surface area contributed by atoms with E-state index in [1.807, 2.05) is 0 Å². The Morgan fingerprint density at radius 2 is 1.07 bits per heavy atom. The fraction of sp³-hybridized carbons (Fsp3) is 0.870. The molecule has 6 nitrogen and oxygen atoms in total. The first kappa shape index (κ1) is 31.6. The maximum absolute atomic E-state index is 11.8. The quantitative estimate of drug-likeness (QED) is 0.172. The molecule has 0 aliphatic heterocycles. The van der Waals surface area contributed by atoms with Crippen molar-refractivity contribution in [3.05, 3.63) is 0 Å². The zero-order valence-corrected chi connectivity index (χ0v) is 18.4. The molecule has 0 fully saturated rings. The van der Waals surface area contributed by atoms with Gasteiger partial charge in [-0.15, -0.1) is 0 Å². The molecule has 0 saturated carbocycles. The van der Waals surface area contributed by atoms with Crippen LogP contribution in [0.1, 0.15) is 122 Å². The summed E-state index contributed by atoms with van der Waals surface area (Å²) in [6, 6.07) is -1.12. The fourth-order valence-corrected chi connectivity index (χ4v) is 3.45. The fourth-order valence-electron chi connectivity index (χ4n) is 3.45. The summed E-state index contributed by atoms with van der Waals surface area (Å²) < 4.78 is 0. The Balaban J connectivity index is 0. The number of carboxylic acids is 2. The summed E-state index contributed by atoms with van der Waals surface area (Å²) in [7, 11) is 0. The van der Waals surface area contributed by atoms with Crippen molar-refractivity contribution in [3.8, 4) is 0 Å². The zero-order valence-electron chi connectivity index (χ0n) is 18.4. The third kappa shape index (κ3) is 22.1. The average molecular weight is 438 g/mol. The summed E-state index contributed by atoms with van der Waals surface area (Å²) in [5.41, 5.74) is 0. The minimum atomic E-state index is -1.18. The number of hydrogen-bond donors (Lipinski definition) is 3. The molecule has 0 aromatic rings. The van der Waals surface area contributed by atoms with Crippen molar-refractivity contribution in [3.63, 3.8) is 0 Å². The van der Waals surface area contributed by atoms with E-state index < -0.39 is 18.0 Å².